The molecule has 0 atom stereocenters. The molecule has 0 heterocycles. The van der Waals surface area contributed by atoms with Gasteiger partial charge in [-0.2, -0.15) is 5.26 Å². The lowest BCUT2D eigenvalue weighted by Crippen LogP contribution is -2.23. The molecule has 0 aliphatic carbocycles. The van der Waals surface area contributed by atoms with Gasteiger partial charge in [0.1, 0.15) is 11.6 Å². The van der Waals surface area contributed by atoms with Gasteiger partial charge in [-0.25, -0.2) is 0 Å². The molecular formula is C19H16ClN3O2. The fourth-order valence-electron chi connectivity index (χ4n) is 2.06. The van der Waals surface area contributed by atoms with E-state index in [0.29, 0.717) is 22.8 Å². The normalized spacial score (nSPS) is 10.7. The second kappa shape index (κ2) is 8.67. The van der Waals surface area contributed by atoms with Crippen molar-refractivity contribution in [3.05, 3.63) is 70.3 Å². The third-order valence-corrected chi connectivity index (χ3v) is 3.53. The van der Waals surface area contributed by atoms with Crippen molar-refractivity contribution < 1.29 is 9.59 Å². The fourth-order valence-corrected chi connectivity index (χ4v) is 2.19. The van der Waals surface area contributed by atoms with Crippen LogP contribution in [0.2, 0.25) is 5.02 Å². The zero-order valence-electron chi connectivity index (χ0n) is 13.5. The highest BCUT2D eigenvalue weighted by atomic mass is 35.5. The summed E-state index contributed by atoms with van der Waals surface area (Å²) in [6.07, 6.45) is 1.49. The number of nitrogens with one attached hydrogen (secondary N) is 2. The van der Waals surface area contributed by atoms with Crippen LogP contribution in [-0.2, 0) is 16.1 Å². The van der Waals surface area contributed by atoms with Crippen molar-refractivity contribution in [3.63, 3.8) is 0 Å². The highest BCUT2D eigenvalue weighted by Gasteiger charge is 2.09. The standard InChI is InChI=1S/C19H16ClN3O2/c1-13(24)23-18-8-4-14(5-9-18)10-16(11-21)19(25)22-12-15-2-6-17(20)7-3-15/h2-10H,12H2,1H3,(H,22,25)(H,23,24)/b16-10+. The van der Waals surface area contributed by atoms with Crippen molar-refractivity contribution >= 4 is 35.2 Å². The van der Waals surface area contributed by atoms with E-state index < -0.39 is 5.91 Å². The molecule has 6 heteroatoms. The van der Waals surface area contributed by atoms with Gasteiger partial charge in [0.05, 0.1) is 0 Å². The predicted octanol–water partition coefficient (Wildman–Crippen LogP) is 3.52. The molecule has 2 aromatic rings. The summed E-state index contributed by atoms with van der Waals surface area (Å²) in [5.74, 6) is -0.619. The van der Waals surface area contributed by atoms with E-state index in [1.54, 1.807) is 48.5 Å². The lowest BCUT2D eigenvalue weighted by molar-refractivity contribution is -0.117. The van der Waals surface area contributed by atoms with Gasteiger partial charge in [0.2, 0.25) is 5.91 Å². The van der Waals surface area contributed by atoms with Crippen LogP contribution in [0, 0.1) is 11.3 Å². The largest absolute Gasteiger partial charge is 0.347 e. The van der Waals surface area contributed by atoms with Gasteiger partial charge in [-0.15, -0.1) is 0 Å². The lowest BCUT2D eigenvalue weighted by atomic mass is 10.1. The van der Waals surface area contributed by atoms with E-state index >= 15 is 0 Å². The monoisotopic (exact) mass is 353 g/mol. The van der Waals surface area contributed by atoms with Gasteiger partial charge in [0.15, 0.2) is 0 Å². The maximum absolute atomic E-state index is 12.1. The summed E-state index contributed by atoms with van der Waals surface area (Å²) in [6, 6.07) is 15.8. The summed E-state index contributed by atoms with van der Waals surface area (Å²) in [5.41, 5.74) is 2.22. The minimum absolute atomic E-state index is 0.00115. The number of carbonyl (C=O) groups excluding carboxylic acids is 2. The maximum Gasteiger partial charge on any atom is 0.262 e. The number of hydrogen-bond acceptors (Lipinski definition) is 3. The van der Waals surface area contributed by atoms with Crippen LogP contribution >= 0.6 is 11.6 Å². The average molecular weight is 354 g/mol. The molecule has 25 heavy (non-hydrogen) atoms. The third kappa shape index (κ3) is 5.79. The molecule has 126 valence electrons. The van der Waals surface area contributed by atoms with Crippen molar-refractivity contribution in [2.45, 2.75) is 13.5 Å². The van der Waals surface area contributed by atoms with Gasteiger partial charge in [-0.05, 0) is 41.5 Å². The molecule has 2 rings (SSSR count). The van der Waals surface area contributed by atoms with Crippen molar-refractivity contribution in [2.24, 2.45) is 0 Å². The Morgan fingerprint density at radius 2 is 1.76 bits per heavy atom. The Morgan fingerprint density at radius 3 is 2.32 bits per heavy atom. The molecule has 0 saturated carbocycles. The van der Waals surface area contributed by atoms with Crippen LogP contribution in [0.3, 0.4) is 0 Å². The van der Waals surface area contributed by atoms with E-state index in [4.69, 9.17) is 11.6 Å². The quantitative estimate of drug-likeness (QED) is 0.637. The summed E-state index contributed by atoms with van der Waals surface area (Å²) in [4.78, 5) is 23.1. The number of rotatable bonds is 5. The van der Waals surface area contributed by atoms with Crippen LogP contribution in [0.1, 0.15) is 18.1 Å². The number of benzene rings is 2. The Balaban J connectivity index is 2.03. The zero-order valence-corrected chi connectivity index (χ0v) is 14.3. The first-order valence-corrected chi connectivity index (χ1v) is 7.88. The molecule has 0 spiro atoms. The number of hydrogen-bond donors (Lipinski definition) is 2. The van der Waals surface area contributed by atoms with E-state index in [2.05, 4.69) is 10.6 Å². The van der Waals surface area contributed by atoms with Gasteiger partial charge in [-0.1, -0.05) is 35.9 Å². The fraction of sp³-hybridized carbons (Fsp3) is 0.105. The SMILES string of the molecule is CC(=O)Nc1ccc(/C=C(\C#N)C(=O)NCc2ccc(Cl)cc2)cc1. The van der Waals surface area contributed by atoms with Gasteiger partial charge in [0.25, 0.3) is 5.91 Å². The second-order valence-corrected chi connectivity index (χ2v) is 5.72. The summed E-state index contributed by atoms with van der Waals surface area (Å²) >= 11 is 5.81. The summed E-state index contributed by atoms with van der Waals surface area (Å²) in [5, 5.41) is 15.2. The first-order chi connectivity index (χ1) is 12.0. The van der Waals surface area contributed by atoms with Crippen LogP contribution < -0.4 is 10.6 Å². The van der Waals surface area contributed by atoms with Crippen LogP contribution in [0.5, 0.6) is 0 Å². The van der Waals surface area contributed by atoms with Crippen molar-refractivity contribution in [3.8, 4) is 6.07 Å². The minimum atomic E-state index is -0.455. The molecular weight excluding hydrogens is 338 g/mol. The molecule has 2 aromatic carbocycles. The number of amides is 2. The summed E-state index contributed by atoms with van der Waals surface area (Å²) in [6.45, 7) is 1.73. The average Bonchev–Trinajstić information content (AvgIpc) is 2.60. The van der Waals surface area contributed by atoms with Crippen LogP contribution in [0.25, 0.3) is 6.08 Å². The van der Waals surface area contributed by atoms with E-state index in [1.165, 1.54) is 13.0 Å². The molecule has 0 fully saturated rings. The van der Waals surface area contributed by atoms with Crippen molar-refractivity contribution in [2.75, 3.05) is 5.32 Å². The Kier molecular flexibility index (Phi) is 6.33. The third-order valence-electron chi connectivity index (χ3n) is 3.27. The van der Waals surface area contributed by atoms with E-state index in [0.717, 1.165) is 5.56 Å². The number of nitriles is 1. The second-order valence-electron chi connectivity index (χ2n) is 5.28. The Bertz CT molecular complexity index is 834. The number of carbonyl (C=O) groups is 2. The molecule has 0 aliphatic heterocycles. The van der Waals surface area contributed by atoms with Crippen LogP contribution in [-0.4, -0.2) is 11.8 Å². The van der Waals surface area contributed by atoms with E-state index in [-0.39, 0.29) is 11.5 Å². The highest BCUT2D eigenvalue weighted by Crippen LogP contribution is 2.13. The molecule has 0 unspecified atom stereocenters. The number of halogens is 1. The predicted molar refractivity (Wildman–Crippen MR) is 97.6 cm³/mol. The number of nitrogens with zero attached hydrogens (tertiary/aromatic N) is 1. The number of anilines is 1. The van der Waals surface area contributed by atoms with Crippen molar-refractivity contribution in [1.82, 2.24) is 5.32 Å². The van der Waals surface area contributed by atoms with E-state index in [1.807, 2.05) is 6.07 Å². The first kappa shape index (κ1) is 18.2. The Labute approximate surface area is 150 Å². The lowest BCUT2D eigenvalue weighted by Gasteiger charge is -2.05. The van der Waals surface area contributed by atoms with Gasteiger partial charge >= 0.3 is 0 Å². The highest BCUT2D eigenvalue weighted by molar-refractivity contribution is 6.30. The Morgan fingerprint density at radius 1 is 1.12 bits per heavy atom. The van der Waals surface area contributed by atoms with Gasteiger partial charge in [-0.3, -0.25) is 9.59 Å². The zero-order chi connectivity index (χ0) is 18.2. The topological polar surface area (TPSA) is 82.0 Å². The molecule has 2 amide bonds. The molecule has 0 bridgehead atoms. The molecule has 0 radical (unpaired) electrons. The van der Waals surface area contributed by atoms with E-state index in [9.17, 15) is 14.9 Å². The maximum atomic E-state index is 12.1. The van der Waals surface area contributed by atoms with Crippen LogP contribution in [0.4, 0.5) is 5.69 Å². The Hall–Kier alpha value is -3.10. The van der Waals surface area contributed by atoms with Gasteiger partial charge < -0.3 is 10.6 Å². The first-order valence-electron chi connectivity index (χ1n) is 7.50. The molecule has 0 aromatic heterocycles. The molecule has 5 nitrogen and oxygen atoms in total. The smallest absolute Gasteiger partial charge is 0.262 e. The van der Waals surface area contributed by atoms with Crippen LogP contribution in [0.15, 0.2) is 54.1 Å². The molecule has 2 N–H and O–H groups in total. The minimum Gasteiger partial charge on any atom is -0.347 e. The summed E-state index contributed by atoms with van der Waals surface area (Å²) in [7, 11) is 0. The van der Waals surface area contributed by atoms with Gasteiger partial charge in [0, 0.05) is 24.2 Å². The van der Waals surface area contributed by atoms with Crippen molar-refractivity contribution in [1.29, 1.82) is 5.26 Å². The molecule has 0 saturated heterocycles. The molecule has 0 aliphatic rings. The summed E-state index contributed by atoms with van der Waals surface area (Å²) < 4.78 is 0.